The molecule has 0 aliphatic carbocycles. The first-order chi connectivity index (χ1) is 8.97. The highest BCUT2D eigenvalue weighted by molar-refractivity contribution is 5.76. The summed E-state index contributed by atoms with van der Waals surface area (Å²) in [4.78, 5) is 14.3. The number of hydrogen-bond donors (Lipinski definition) is 0. The van der Waals surface area contributed by atoms with E-state index < -0.39 is 0 Å². The van der Waals surface area contributed by atoms with Crippen LogP contribution in [0.25, 0.3) is 0 Å². The average Bonchev–Trinajstić information content (AvgIpc) is 2.31. The number of carbonyl (C=O) groups is 1. The molecule has 0 heterocycles. The monoisotopic (exact) mass is 269 g/mol. The summed E-state index contributed by atoms with van der Waals surface area (Å²) in [6.45, 7) is 12.8. The Hall–Kier alpha value is -0.530. The molecule has 0 rings (SSSR count). The Morgan fingerprint density at radius 3 is 1.79 bits per heavy atom. The lowest BCUT2D eigenvalue weighted by atomic mass is 10.1. The fourth-order valence-corrected chi connectivity index (χ4v) is 2.37. The van der Waals surface area contributed by atoms with Crippen LogP contribution in [0.15, 0.2) is 0 Å². The molecule has 2 nitrogen and oxygen atoms in total. The first kappa shape index (κ1) is 18.5. The maximum absolute atomic E-state index is 12.2. The molecule has 0 saturated heterocycles. The number of nitrogens with zero attached hydrogens (tertiary/aromatic N) is 1. The van der Waals surface area contributed by atoms with E-state index in [2.05, 4.69) is 39.5 Å². The van der Waals surface area contributed by atoms with Gasteiger partial charge in [-0.15, -0.1) is 0 Å². The molecule has 114 valence electrons. The third-order valence-corrected chi connectivity index (χ3v) is 3.27. The smallest absolute Gasteiger partial charge is 0.222 e. The third kappa shape index (κ3) is 11.0. The second kappa shape index (κ2) is 11.3. The van der Waals surface area contributed by atoms with E-state index in [-0.39, 0.29) is 0 Å². The van der Waals surface area contributed by atoms with Crippen LogP contribution in [0.3, 0.4) is 0 Å². The number of carbonyl (C=O) groups excluding carboxylic acids is 1. The lowest BCUT2D eigenvalue weighted by Crippen LogP contribution is -2.36. The van der Waals surface area contributed by atoms with E-state index in [1.54, 1.807) is 0 Å². The second-order valence-electron chi connectivity index (χ2n) is 6.60. The minimum atomic E-state index is 0.359. The zero-order valence-electron chi connectivity index (χ0n) is 13.9. The molecule has 0 aliphatic rings. The van der Waals surface area contributed by atoms with Gasteiger partial charge in [-0.05, 0) is 18.3 Å². The maximum Gasteiger partial charge on any atom is 0.222 e. The Kier molecular flexibility index (Phi) is 11.0. The Balaban J connectivity index is 3.90. The quantitative estimate of drug-likeness (QED) is 0.490. The molecule has 0 saturated carbocycles. The van der Waals surface area contributed by atoms with Gasteiger partial charge in [0.1, 0.15) is 0 Å². The maximum atomic E-state index is 12.2. The van der Waals surface area contributed by atoms with Gasteiger partial charge in [0.05, 0.1) is 0 Å². The van der Waals surface area contributed by atoms with Crippen LogP contribution >= 0.6 is 0 Å². The molecule has 1 amide bonds. The molecule has 0 unspecified atom stereocenters. The van der Waals surface area contributed by atoms with Crippen molar-refractivity contribution in [3.63, 3.8) is 0 Å². The predicted molar refractivity (Wildman–Crippen MR) is 84.2 cm³/mol. The van der Waals surface area contributed by atoms with Gasteiger partial charge in [0, 0.05) is 19.5 Å². The summed E-state index contributed by atoms with van der Waals surface area (Å²) in [6, 6.07) is 0. The van der Waals surface area contributed by atoms with E-state index in [4.69, 9.17) is 0 Å². The molecule has 0 aromatic rings. The van der Waals surface area contributed by atoms with Gasteiger partial charge < -0.3 is 4.90 Å². The van der Waals surface area contributed by atoms with Crippen molar-refractivity contribution >= 4 is 5.91 Å². The molecule has 2 heteroatoms. The van der Waals surface area contributed by atoms with Crippen molar-refractivity contribution in [2.75, 3.05) is 13.1 Å². The van der Waals surface area contributed by atoms with Crippen molar-refractivity contribution in [2.45, 2.75) is 79.6 Å². The molecule has 0 N–H and O–H groups in total. The van der Waals surface area contributed by atoms with Gasteiger partial charge in [-0.1, -0.05) is 66.7 Å². The first-order valence-corrected chi connectivity index (χ1v) is 8.25. The van der Waals surface area contributed by atoms with Crippen molar-refractivity contribution < 1.29 is 4.79 Å². The molecule has 0 aromatic heterocycles. The summed E-state index contributed by atoms with van der Waals surface area (Å²) in [5, 5.41) is 0. The highest BCUT2D eigenvalue weighted by Gasteiger charge is 2.15. The van der Waals surface area contributed by atoms with Gasteiger partial charge in [-0.3, -0.25) is 4.79 Å². The van der Waals surface area contributed by atoms with E-state index in [1.807, 2.05) is 0 Å². The summed E-state index contributed by atoms with van der Waals surface area (Å²) in [5.74, 6) is 1.48. The number of amides is 1. The predicted octanol–water partition coefficient (Wildman–Crippen LogP) is 4.88. The van der Waals surface area contributed by atoms with Crippen LogP contribution in [0.5, 0.6) is 0 Å². The third-order valence-electron chi connectivity index (χ3n) is 3.27. The Morgan fingerprint density at radius 2 is 1.32 bits per heavy atom. The molecule has 0 radical (unpaired) electrons. The van der Waals surface area contributed by atoms with Crippen LogP contribution < -0.4 is 0 Å². The Bertz CT molecular complexity index is 213. The lowest BCUT2D eigenvalue weighted by molar-refractivity contribution is -0.132. The summed E-state index contributed by atoms with van der Waals surface area (Å²) in [5.41, 5.74) is 0. The molecule has 0 aromatic carbocycles. The topological polar surface area (TPSA) is 20.3 Å². The summed E-state index contributed by atoms with van der Waals surface area (Å²) in [6.07, 6.45) is 8.25. The van der Waals surface area contributed by atoms with Crippen LogP contribution in [0, 0.1) is 11.8 Å². The zero-order valence-corrected chi connectivity index (χ0v) is 13.9. The standard InChI is InChI=1S/C17H35NO/c1-6-7-8-9-10-11-12-17(19)18(13-15(2)3)14-16(4)5/h15-16H,6-14H2,1-5H3. The minimum Gasteiger partial charge on any atom is -0.342 e. The molecule has 0 atom stereocenters. The normalized spacial score (nSPS) is 11.3. The zero-order chi connectivity index (χ0) is 14.7. The lowest BCUT2D eigenvalue weighted by Gasteiger charge is -2.26. The van der Waals surface area contributed by atoms with Crippen molar-refractivity contribution in [1.29, 1.82) is 0 Å². The first-order valence-electron chi connectivity index (χ1n) is 8.25. The molecule has 19 heavy (non-hydrogen) atoms. The number of unbranched alkanes of at least 4 members (excludes halogenated alkanes) is 5. The van der Waals surface area contributed by atoms with Crippen LogP contribution in [0.2, 0.25) is 0 Å². The van der Waals surface area contributed by atoms with Crippen molar-refractivity contribution in [3.8, 4) is 0 Å². The SMILES string of the molecule is CCCCCCCCC(=O)N(CC(C)C)CC(C)C. The van der Waals surface area contributed by atoms with Crippen LogP contribution in [0.4, 0.5) is 0 Å². The highest BCUT2D eigenvalue weighted by atomic mass is 16.2. The highest BCUT2D eigenvalue weighted by Crippen LogP contribution is 2.11. The summed E-state index contributed by atoms with van der Waals surface area (Å²) in [7, 11) is 0. The van der Waals surface area contributed by atoms with Gasteiger partial charge in [-0.25, -0.2) is 0 Å². The minimum absolute atomic E-state index is 0.359. The van der Waals surface area contributed by atoms with Gasteiger partial charge in [0.2, 0.25) is 5.91 Å². The van der Waals surface area contributed by atoms with Crippen LogP contribution in [-0.2, 0) is 4.79 Å². The van der Waals surface area contributed by atoms with Gasteiger partial charge in [0.25, 0.3) is 0 Å². The summed E-state index contributed by atoms with van der Waals surface area (Å²) < 4.78 is 0. The van der Waals surface area contributed by atoms with Gasteiger partial charge in [0.15, 0.2) is 0 Å². The average molecular weight is 269 g/mol. The molecule has 0 fully saturated rings. The van der Waals surface area contributed by atoms with Crippen molar-refractivity contribution in [1.82, 2.24) is 4.90 Å². The molecular formula is C17H35NO. The molecule has 0 aliphatic heterocycles. The van der Waals surface area contributed by atoms with Crippen LogP contribution in [-0.4, -0.2) is 23.9 Å². The Morgan fingerprint density at radius 1 is 0.842 bits per heavy atom. The van der Waals surface area contributed by atoms with E-state index in [0.717, 1.165) is 25.9 Å². The number of rotatable bonds is 11. The van der Waals surface area contributed by atoms with E-state index in [1.165, 1.54) is 32.1 Å². The van der Waals surface area contributed by atoms with Gasteiger partial charge in [-0.2, -0.15) is 0 Å². The van der Waals surface area contributed by atoms with E-state index >= 15 is 0 Å². The van der Waals surface area contributed by atoms with E-state index in [0.29, 0.717) is 17.7 Å². The molecular weight excluding hydrogens is 234 g/mol. The van der Waals surface area contributed by atoms with Crippen molar-refractivity contribution in [3.05, 3.63) is 0 Å². The van der Waals surface area contributed by atoms with Gasteiger partial charge >= 0.3 is 0 Å². The Labute approximate surface area is 120 Å². The second-order valence-corrected chi connectivity index (χ2v) is 6.60. The van der Waals surface area contributed by atoms with Crippen molar-refractivity contribution in [2.24, 2.45) is 11.8 Å². The van der Waals surface area contributed by atoms with E-state index in [9.17, 15) is 4.79 Å². The fourth-order valence-electron chi connectivity index (χ4n) is 2.37. The largest absolute Gasteiger partial charge is 0.342 e. The summed E-state index contributed by atoms with van der Waals surface area (Å²) >= 11 is 0. The molecule has 0 bridgehead atoms. The number of hydrogen-bond acceptors (Lipinski definition) is 1. The fraction of sp³-hybridized carbons (Fsp3) is 0.941. The molecule has 0 spiro atoms. The van der Waals surface area contributed by atoms with Crippen LogP contribution in [0.1, 0.15) is 79.6 Å².